The molecule has 0 bridgehead atoms. The fourth-order valence-electron chi connectivity index (χ4n) is 3.80. The third-order valence-electron chi connectivity index (χ3n) is 5.47. The number of hydrogen-bond donors (Lipinski definition) is 1. The van der Waals surface area contributed by atoms with Crippen LogP contribution in [0.4, 0.5) is 10.1 Å². The molecule has 3 aromatic rings. The summed E-state index contributed by atoms with van der Waals surface area (Å²) in [5.74, 6) is 1.48. The minimum absolute atomic E-state index is 0.188. The lowest BCUT2D eigenvalue weighted by Gasteiger charge is -2.36. The summed E-state index contributed by atoms with van der Waals surface area (Å²) in [4.78, 5) is 24.5. The molecule has 0 spiro atoms. The Balaban J connectivity index is 1.41. The smallest absolute Gasteiger partial charge is 0.258 e. The Morgan fingerprint density at radius 1 is 1.07 bits per heavy atom. The van der Waals surface area contributed by atoms with Crippen molar-refractivity contribution in [3.63, 3.8) is 0 Å². The van der Waals surface area contributed by atoms with Crippen molar-refractivity contribution in [1.82, 2.24) is 14.9 Å². The van der Waals surface area contributed by atoms with Gasteiger partial charge in [-0.3, -0.25) is 9.69 Å². The molecular weight excluding hydrogens is 387 g/mol. The van der Waals surface area contributed by atoms with Gasteiger partial charge in [-0.1, -0.05) is 6.07 Å². The lowest BCUT2D eigenvalue weighted by atomic mass is 10.2. The van der Waals surface area contributed by atoms with Gasteiger partial charge in [-0.15, -0.1) is 0 Å². The first-order valence-electron chi connectivity index (χ1n) is 9.95. The van der Waals surface area contributed by atoms with E-state index in [0.29, 0.717) is 34.6 Å². The number of halogens is 1. The number of nitrogens with zero attached hydrogens (tertiary/aromatic N) is 3. The first kappa shape index (κ1) is 20.2. The van der Waals surface area contributed by atoms with Crippen molar-refractivity contribution in [2.75, 3.05) is 51.8 Å². The van der Waals surface area contributed by atoms with Crippen LogP contribution in [-0.2, 0) is 6.42 Å². The predicted octanol–water partition coefficient (Wildman–Crippen LogP) is 2.44. The van der Waals surface area contributed by atoms with Crippen LogP contribution in [0.2, 0.25) is 0 Å². The maximum Gasteiger partial charge on any atom is 0.258 e. The van der Waals surface area contributed by atoms with Crippen molar-refractivity contribution >= 4 is 16.6 Å². The number of rotatable bonds is 6. The van der Waals surface area contributed by atoms with Gasteiger partial charge >= 0.3 is 0 Å². The number of benzene rings is 2. The molecule has 8 heteroatoms. The molecule has 1 fully saturated rings. The maximum absolute atomic E-state index is 13.5. The predicted molar refractivity (Wildman–Crippen MR) is 114 cm³/mol. The molecule has 1 saturated heterocycles. The number of piperazine rings is 1. The van der Waals surface area contributed by atoms with Gasteiger partial charge in [-0.25, -0.2) is 9.37 Å². The number of anilines is 1. The van der Waals surface area contributed by atoms with Crippen molar-refractivity contribution in [3.05, 3.63) is 58.4 Å². The van der Waals surface area contributed by atoms with E-state index in [2.05, 4.69) is 19.8 Å². The molecule has 4 rings (SSSR count). The topological polar surface area (TPSA) is 70.7 Å². The molecule has 0 radical (unpaired) electrons. The Kier molecular flexibility index (Phi) is 5.85. The van der Waals surface area contributed by atoms with Crippen LogP contribution in [0.5, 0.6) is 11.5 Å². The molecule has 0 amide bonds. The van der Waals surface area contributed by atoms with E-state index in [1.54, 1.807) is 31.4 Å². The van der Waals surface area contributed by atoms with Crippen molar-refractivity contribution in [2.45, 2.75) is 6.42 Å². The van der Waals surface area contributed by atoms with Crippen LogP contribution in [0.3, 0.4) is 0 Å². The van der Waals surface area contributed by atoms with Crippen LogP contribution in [0.15, 0.2) is 41.2 Å². The molecule has 1 N–H and O–H groups in total. The second-order valence-corrected chi connectivity index (χ2v) is 7.30. The van der Waals surface area contributed by atoms with Crippen LogP contribution in [0.25, 0.3) is 10.9 Å². The normalized spacial score (nSPS) is 14.8. The van der Waals surface area contributed by atoms with Gasteiger partial charge in [0.1, 0.15) is 11.6 Å². The average Bonchev–Trinajstić information content (AvgIpc) is 2.77. The molecule has 0 unspecified atom stereocenters. The number of methoxy groups -OCH3 is 2. The highest BCUT2D eigenvalue weighted by molar-refractivity contribution is 5.81. The summed E-state index contributed by atoms with van der Waals surface area (Å²) >= 11 is 0. The number of aromatic nitrogens is 2. The van der Waals surface area contributed by atoms with Crippen LogP contribution in [0, 0.1) is 5.82 Å². The summed E-state index contributed by atoms with van der Waals surface area (Å²) in [6, 6.07) is 10.1. The van der Waals surface area contributed by atoms with Crippen molar-refractivity contribution in [2.24, 2.45) is 0 Å². The van der Waals surface area contributed by atoms with Gasteiger partial charge in [0.25, 0.3) is 5.56 Å². The highest BCUT2D eigenvalue weighted by atomic mass is 19.1. The van der Waals surface area contributed by atoms with Gasteiger partial charge < -0.3 is 19.4 Å². The maximum atomic E-state index is 13.5. The highest BCUT2D eigenvalue weighted by Crippen LogP contribution is 2.29. The summed E-state index contributed by atoms with van der Waals surface area (Å²) in [6.45, 7) is 4.21. The van der Waals surface area contributed by atoms with E-state index < -0.39 is 0 Å². The van der Waals surface area contributed by atoms with Gasteiger partial charge in [0, 0.05) is 50.9 Å². The summed E-state index contributed by atoms with van der Waals surface area (Å²) in [7, 11) is 3.09. The van der Waals surface area contributed by atoms with E-state index in [1.165, 1.54) is 13.2 Å². The molecule has 0 aliphatic carbocycles. The molecule has 158 valence electrons. The number of ether oxygens (including phenoxy) is 2. The Labute approximate surface area is 174 Å². The lowest BCUT2D eigenvalue weighted by molar-refractivity contribution is 0.259. The second-order valence-electron chi connectivity index (χ2n) is 7.30. The van der Waals surface area contributed by atoms with E-state index in [1.807, 2.05) is 6.07 Å². The standard InChI is InChI=1S/C22H25FN4O3/c1-29-19-13-17-18(14-20(19)30-2)24-21(25-22(17)28)6-7-26-8-10-27(11-9-26)16-5-3-4-15(23)12-16/h3-5,12-14H,6-11H2,1-2H3,(H,24,25,28). The van der Waals surface area contributed by atoms with Crippen molar-refractivity contribution < 1.29 is 13.9 Å². The molecule has 2 heterocycles. The molecule has 2 aromatic carbocycles. The van der Waals surface area contributed by atoms with Gasteiger partial charge in [0.15, 0.2) is 11.5 Å². The molecule has 0 atom stereocenters. The molecule has 1 aliphatic rings. The summed E-state index contributed by atoms with van der Waals surface area (Å²) < 4.78 is 24.0. The van der Waals surface area contributed by atoms with Gasteiger partial charge in [0.2, 0.25) is 0 Å². The molecule has 1 aliphatic heterocycles. The highest BCUT2D eigenvalue weighted by Gasteiger charge is 2.18. The van der Waals surface area contributed by atoms with E-state index >= 15 is 0 Å². The van der Waals surface area contributed by atoms with Crippen LogP contribution >= 0.6 is 0 Å². The van der Waals surface area contributed by atoms with Gasteiger partial charge in [-0.2, -0.15) is 0 Å². The molecule has 0 saturated carbocycles. The van der Waals surface area contributed by atoms with E-state index in [-0.39, 0.29) is 11.4 Å². The third kappa shape index (κ3) is 4.23. The second kappa shape index (κ2) is 8.71. The summed E-state index contributed by atoms with van der Waals surface area (Å²) in [5, 5.41) is 0.472. The van der Waals surface area contributed by atoms with Crippen molar-refractivity contribution in [3.8, 4) is 11.5 Å². The Hall–Kier alpha value is -3.13. The van der Waals surface area contributed by atoms with E-state index in [4.69, 9.17) is 9.47 Å². The molecule has 7 nitrogen and oxygen atoms in total. The molecule has 1 aromatic heterocycles. The number of aromatic amines is 1. The fraction of sp³-hybridized carbons (Fsp3) is 0.364. The van der Waals surface area contributed by atoms with Crippen LogP contribution in [-0.4, -0.2) is 61.8 Å². The Bertz CT molecular complexity index is 1090. The number of H-pyrrole nitrogens is 1. The van der Waals surface area contributed by atoms with E-state index in [9.17, 15) is 9.18 Å². The van der Waals surface area contributed by atoms with Gasteiger partial charge in [-0.05, 0) is 24.3 Å². The summed E-state index contributed by atoms with van der Waals surface area (Å²) in [5.41, 5.74) is 1.31. The largest absolute Gasteiger partial charge is 0.493 e. The van der Waals surface area contributed by atoms with Crippen LogP contribution in [0.1, 0.15) is 5.82 Å². The zero-order valence-electron chi connectivity index (χ0n) is 17.2. The van der Waals surface area contributed by atoms with Crippen molar-refractivity contribution in [1.29, 1.82) is 0 Å². The van der Waals surface area contributed by atoms with E-state index in [0.717, 1.165) is 38.4 Å². The Morgan fingerprint density at radius 3 is 2.50 bits per heavy atom. The minimum atomic E-state index is -0.212. The number of hydrogen-bond acceptors (Lipinski definition) is 6. The summed E-state index contributed by atoms with van der Waals surface area (Å²) in [6.07, 6.45) is 0.638. The minimum Gasteiger partial charge on any atom is -0.493 e. The fourth-order valence-corrected chi connectivity index (χ4v) is 3.80. The zero-order chi connectivity index (χ0) is 21.1. The monoisotopic (exact) mass is 412 g/mol. The first-order valence-corrected chi connectivity index (χ1v) is 9.95. The van der Waals surface area contributed by atoms with Gasteiger partial charge in [0.05, 0.1) is 25.1 Å². The average molecular weight is 412 g/mol. The van der Waals surface area contributed by atoms with Crippen LogP contribution < -0.4 is 19.9 Å². The Morgan fingerprint density at radius 2 is 1.80 bits per heavy atom. The number of fused-ring (bicyclic) bond motifs is 1. The third-order valence-corrected chi connectivity index (χ3v) is 5.47. The first-order chi connectivity index (χ1) is 14.6. The molecular formula is C22H25FN4O3. The number of nitrogens with one attached hydrogen (secondary N) is 1. The SMILES string of the molecule is COc1cc2nc(CCN3CCN(c4cccc(F)c4)CC3)[nH]c(=O)c2cc1OC. The zero-order valence-corrected chi connectivity index (χ0v) is 17.2. The lowest BCUT2D eigenvalue weighted by Crippen LogP contribution is -2.47. The quantitative estimate of drug-likeness (QED) is 0.671. The molecule has 30 heavy (non-hydrogen) atoms.